The van der Waals surface area contributed by atoms with E-state index in [1.165, 1.54) is 12.8 Å². The summed E-state index contributed by atoms with van der Waals surface area (Å²) in [5, 5.41) is 9.68. The van der Waals surface area contributed by atoms with Gasteiger partial charge >= 0.3 is 0 Å². The number of quaternary nitrogens is 1. The van der Waals surface area contributed by atoms with Crippen molar-refractivity contribution in [2.75, 3.05) is 20.1 Å². The molecule has 3 rings (SSSR count). The lowest BCUT2D eigenvalue weighted by atomic mass is 10.0. The van der Waals surface area contributed by atoms with E-state index in [-0.39, 0.29) is 6.04 Å². The van der Waals surface area contributed by atoms with Crippen LogP contribution in [-0.4, -0.2) is 24.6 Å². The van der Waals surface area contributed by atoms with E-state index in [1.54, 1.807) is 0 Å². The fourth-order valence-corrected chi connectivity index (χ4v) is 3.26. The molecule has 0 amide bonds. The first-order valence-corrected chi connectivity index (χ1v) is 7.78. The second-order valence-electron chi connectivity index (χ2n) is 6.15. The van der Waals surface area contributed by atoms with Crippen molar-refractivity contribution in [1.82, 2.24) is 0 Å². The number of nitrogens with zero attached hydrogens (tertiary/aromatic N) is 2. The van der Waals surface area contributed by atoms with E-state index in [2.05, 4.69) is 13.1 Å². The van der Waals surface area contributed by atoms with Crippen LogP contribution in [0.15, 0.2) is 54.6 Å². The Labute approximate surface area is 132 Å². The van der Waals surface area contributed by atoms with Crippen LogP contribution in [-0.2, 0) is 0 Å². The number of likely N-dealkylation sites (tertiary alicyclic amines) is 1. The summed E-state index contributed by atoms with van der Waals surface area (Å²) in [6.45, 7) is 2.14. The third-order valence-corrected chi connectivity index (χ3v) is 4.49. The summed E-state index contributed by atoms with van der Waals surface area (Å²) in [4.78, 5) is 0. The van der Waals surface area contributed by atoms with Crippen LogP contribution in [0.25, 0.3) is 0 Å². The molecule has 3 heteroatoms. The molecular formula is C19H21N2O+. The molecule has 1 aliphatic heterocycles. The predicted octanol–water partition coefficient (Wildman–Crippen LogP) is 4.28. The van der Waals surface area contributed by atoms with Crippen molar-refractivity contribution in [2.24, 2.45) is 0 Å². The van der Waals surface area contributed by atoms with E-state index in [0.717, 1.165) is 34.6 Å². The van der Waals surface area contributed by atoms with E-state index >= 15 is 0 Å². The second kappa shape index (κ2) is 6.21. The van der Waals surface area contributed by atoms with Gasteiger partial charge in [0.15, 0.2) is 0 Å². The Morgan fingerprint density at radius 1 is 1.00 bits per heavy atom. The molecule has 1 fully saturated rings. The summed E-state index contributed by atoms with van der Waals surface area (Å²) in [5.74, 6) is 1.60. The summed E-state index contributed by atoms with van der Waals surface area (Å²) in [5.41, 5.74) is 1.04. The number of nitriles is 1. The van der Waals surface area contributed by atoms with Gasteiger partial charge in [-0.25, -0.2) is 0 Å². The molecule has 0 aromatic heterocycles. The Morgan fingerprint density at radius 3 is 2.36 bits per heavy atom. The van der Waals surface area contributed by atoms with E-state index in [9.17, 15) is 5.26 Å². The van der Waals surface area contributed by atoms with Gasteiger partial charge in [0.2, 0.25) is 6.04 Å². The van der Waals surface area contributed by atoms with Crippen LogP contribution >= 0.6 is 0 Å². The molecule has 1 heterocycles. The normalized spacial score (nSPS) is 17.6. The zero-order chi connectivity index (χ0) is 15.4. The zero-order valence-electron chi connectivity index (χ0n) is 12.9. The topological polar surface area (TPSA) is 33.0 Å². The lowest BCUT2D eigenvalue weighted by Crippen LogP contribution is -2.43. The first kappa shape index (κ1) is 14.6. The lowest BCUT2D eigenvalue weighted by molar-refractivity contribution is -0.920. The van der Waals surface area contributed by atoms with Crippen molar-refractivity contribution in [3.63, 3.8) is 0 Å². The van der Waals surface area contributed by atoms with Gasteiger partial charge in [-0.1, -0.05) is 30.3 Å². The molecule has 1 atom stereocenters. The maximum atomic E-state index is 9.68. The average molecular weight is 293 g/mol. The standard InChI is InChI=1S/C19H21N2O/c1-21(12-5-6-13-21)19(15-20)16-8-7-11-18(14-16)22-17-9-3-2-4-10-17/h2-4,7-11,14,19H,5-6,12-13H2,1H3/q+1. The van der Waals surface area contributed by atoms with Gasteiger partial charge in [-0.2, -0.15) is 5.26 Å². The highest BCUT2D eigenvalue weighted by Gasteiger charge is 2.37. The second-order valence-corrected chi connectivity index (χ2v) is 6.15. The van der Waals surface area contributed by atoms with Gasteiger partial charge in [0.1, 0.15) is 17.6 Å². The third-order valence-electron chi connectivity index (χ3n) is 4.49. The van der Waals surface area contributed by atoms with Gasteiger partial charge in [-0.3, -0.25) is 0 Å². The van der Waals surface area contributed by atoms with Crippen LogP contribution in [0.1, 0.15) is 24.4 Å². The molecule has 112 valence electrons. The van der Waals surface area contributed by atoms with Gasteiger partial charge in [-0.05, 0) is 24.3 Å². The number of para-hydroxylation sites is 1. The van der Waals surface area contributed by atoms with Crippen LogP contribution in [0.2, 0.25) is 0 Å². The van der Waals surface area contributed by atoms with Crippen molar-refractivity contribution in [2.45, 2.75) is 18.9 Å². The van der Waals surface area contributed by atoms with E-state index < -0.39 is 0 Å². The van der Waals surface area contributed by atoms with Crippen LogP contribution in [0, 0.1) is 11.3 Å². The van der Waals surface area contributed by atoms with Crippen LogP contribution < -0.4 is 4.74 Å². The molecule has 0 bridgehead atoms. The Kier molecular flexibility index (Phi) is 4.13. The summed E-state index contributed by atoms with van der Waals surface area (Å²) in [6.07, 6.45) is 2.41. The molecule has 0 spiro atoms. The summed E-state index contributed by atoms with van der Waals surface area (Å²) >= 11 is 0. The molecular weight excluding hydrogens is 272 g/mol. The summed E-state index contributed by atoms with van der Waals surface area (Å²) in [7, 11) is 2.19. The van der Waals surface area contributed by atoms with Crippen LogP contribution in [0.3, 0.4) is 0 Å². The van der Waals surface area contributed by atoms with Gasteiger partial charge in [0, 0.05) is 18.4 Å². The molecule has 2 aromatic rings. The highest BCUT2D eigenvalue weighted by Crippen LogP contribution is 2.33. The minimum atomic E-state index is -0.123. The van der Waals surface area contributed by atoms with Gasteiger partial charge in [0.25, 0.3) is 0 Å². The van der Waals surface area contributed by atoms with Crippen LogP contribution in [0.4, 0.5) is 0 Å². The average Bonchev–Trinajstić information content (AvgIpc) is 2.97. The molecule has 0 N–H and O–H groups in total. The SMILES string of the molecule is C[N+]1(C(C#N)c2cccc(Oc3ccccc3)c2)CCCC1. The molecule has 0 saturated carbocycles. The number of hydrogen-bond donors (Lipinski definition) is 0. The third kappa shape index (κ3) is 2.98. The molecule has 2 aromatic carbocycles. The van der Waals surface area contributed by atoms with Crippen LogP contribution in [0.5, 0.6) is 11.5 Å². The highest BCUT2D eigenvalue weighted by atomic mass is 16.5. The maximum Gasteiger partial charge on any atom is 0.202 e. The Hall–Kier alpha value is -2.31. The fraction of sp³-hybridized carbons (Fsp3) is 0.316. The lowest BCUT2D eigenvalue weighted by Gasteiger charge is -2.34. The molecule has 0 radical (unpaired) electrons. The minimum absolute atomic E-state index is 0.123. The Morgan fingerprint density at radius 2 is 1.68 bits per heavy atom. The van der Waals surface area contributed by atoms with E-state index in [4.69, 9.17) is 4.74 Å². The quantitative estimate of drug-likeness (QED) is 0.788. The van der Waals surface area contributed by atoms with E-state index in [0.29, 0.717) is 0 Å². The van der Waals surface area contributed by atoms with Crippen molar-refractivity contribution < 1.29 is 9.22 Å². The number of hydrogen-bond acceptors (Lipinski definition) is 2. The van der Waals surface area contributed by atoms with Crippen molar-refractivity contribution in [1.29, 1.82) is 5.26 Å². The Bertz CT molecular complexity index is 669. The van der Waals surface area contributed by atoms with Gasteiger partial charge in [0.05, 0.1) is 20.1 Å². The van der Waals surface area contributed by atoms with Gasteiger partial charge in [-0.15, -0.1) is 0 Å². The fourth-order valence-electron chi connectivity index (χ4n) is 3.26. The first-order chi connectivity index (χ1) is 10.7. The molecule has 1 unspecified atom stereocenters. The summed E-state index contributed by atoms with van der Waals surface area (Å²) in [6, 6.07) is 20.1. The van der Waals surface area contributed by atoms with Crippen molar-refractivity contribution in [3.05, 3.63) is 60.2 Å². The van der Waals surface area contributed by atoms with E-state index in [1.807, 2.05) is 54.6 Å². The molecule has 0 aliphatic carbocycles. The first-order valence-electron chi connectivity index (χ1n) is 7.78. The number of rotatable bonds is 4. The molecule has 1 aliphatic rings. The predicted molar refractivity (Wildman–Crippen MR) is 86.5 cm³/mol. The number of benzene rings is 2. The monoisotopic (exact) mass is 293 g/mol. The van der Waals surface area contributed by atoms with Crippen molar-refractivity contribution in [3.8, 4) is 17.6 Å². The zero-order valence-corrected chi connectivity index (χ0v) is 12.9. The molecule has 22 heavy (non-hydrogen) atoms. The number of ether oxygens (including phenoxy) is 1. The summed E-state index contributed by atoms with van der Waals surface area (Å²) < 4.78 is 6.70. The Balaban J connectivity index is 1.85. The van der Waals surface area contributed by atoms with Gasteiger partial charge < -0.3 is 9.22 Å². The smallest absolute Gasteiger partial charge is 0.202 e. The highest BCUT2D eigenvalue weighted by molar-refractivity contribution is 5.36. The minimum Gasteiger partial charge on any atom is -0.457 e. The van der Waals surface area contributed by atoms with Crippen molar-refractivity contribution >= 4 is 0 Å². The largest absolute Gasteiger partial charge is 0.457 e. The molecule has 1 saturated heterocycles. The molecule has 3 nitrogen and oxygen atoms in total. The maximum absolute atomic E-state index is 9.68.